The van der Waals surface area contributed by atoms with E-state index < -0.39 is 0 Å². The molecule has 0 spiro atoms. The van der Waals surface area contributed by atoms with Crippen LogP contribution >= 0.6 is 11.6 Å². The third kappa shape index (κ3) is 2.93. The number of halogens is 2. The molecule has 0 amide bonds. The molecule has 2 N–H and O–H groups in total. The molecule has 2 rings (SSSR count). The maximum atomic E-state index is 12.9. The lowest BCUT2D eigenvalue weighted by Crippen LogP contribution is -1.98. The highest BCUT2D eigenvalue weighted by atomic mass is 35.5. The molecule has 0 aliphatic carbocycles. The fraction of sp³-hybridized carbons (Fsp3) is 0.143. The lowest BCUT2D eigenvalue weighted by molar-refractivity contribution is 0.306. The van der Waals surface area contributed by atoms with Crippen molar-refractivity contribution in [1.29, 1.82) is 0 Å². The number of rotatable bonds is 3. The molecule has 0 saturated carbocycles. The summed E-state index contributed by atoms with van der Waals surface area (Å²) in [5.41, 5.74) is 8.14. The lowest BCUT2D eigenvalue weighted by Gasteiger charge is -2.09. The monoisotopic (exact) mass is 265 g/mol. The van der Waals surface area contributed by atoms with Crippen LogP contribution in [0, 0.1) is 12.7 Å². The Morgan fingerprint density at radius 1 is 1.22 bits per heavy atom. The van der Waals surface area contributed by atoms with Crippen LogP contribution in [0.25, 0.3) is 0 Å². The molecule has 0 fully saturated rings. The van der Waals surface area contributed by atoms with Crippen LogP contribution in [0.3, 0.4) is 0 Å². The summed E-state index contributed by atoms with van der Waals surface area (Å²) in [7, 11) is 0. The second kappa shape index (κ2) is 5.27. The first kappa shape index (κ1) is 12.7. The van der Waals surface area contributed by atoms with Crippen LogP contribution < -0.4 is 10.5 Å². The average Bonchev–Trinajstić information content (AvgIpc) is 2.32. The van der Waals surface area contributed by atoms with Crippen molar-refractivity contribution >= 4 is 17.3 Å². The highest BCUT2D eigenvalue weighted by Gasteiger charge is 2.04. The van der Waals surface area contributed by atoms with Crippen LogP contribution in [0.5, 0.6) is 5.75 Å². The Kier molecular flexibility index (Phi) is 3.72. The minimum Gasteiger partial charge on any atom is -0.489 e. The fourth-order valence-electron chi connectivity index (χ4n) is 1.54. The normalized spacial score (nSPS) is 10.4. The number of nitrogen functional groups attached to an aromatic ring is 1. The number of aryl methyl sites for hydroxylation is 1. The molecule has 0 radical (unpaired) electrons. The molecule has 0 aromatic heterocycles. The molecule has 0 aliphatic rings. The first-order valence-corrected chi connectivity index (χ1v) is 5.87. The van der Waals surface area contributed by atoms with Crippen molar-refractivity contribution in [1.82, 2.24) is 0 Å². The molecule has 94 valence electrons. The molecule has 2 nitrogen and oxygen atoms in total. The Morgan fingerprint density at radius 2 is 2.00 bits per heavy atom. The van der Waals surface area contributed by atoms with Gasteiger partial charge in [-0.25, -0.2) is 4.39 Å². The zero-order chi connectivity index (χ0) is 13.1. The molecule has 0 bridgehead atoms. The Morgan fingerprint density at radius 3 is 2.67 bits per heavy atom. The van der Waals surface area contributed by atoms with Gasteiger partial charge in [0.05, 0.1) is 5.02 Å². The van der Waals surface area contributed by atoms with Gasteiger partial charge in [0, 0.05) is 11.3 Å². The van der Waals surface area contributed by atoms with Crippen LogP contribution in [0.1, 0.15) is 11.1 Å². The average molecular weight is 266 g/mol. The van der Waals surface area contributed by atoms with E-state index in [-0.39, 0.29) is 5.82 Å². The lowest BCUT2D eigenvalue weighted by atomic mass is 10.2. The summed E-state index contributed by atoms with van der Waals surface area (Å²) in [5.74, 6) is 0.356. The van der Waals surface area contributed by atoms with Crippen molar-refractivity contribution in [3.05, 3.63) is 58.4 Å². The smallest absolute Gasteiger partial charge is 0.124 e. The van der Waals surface area contributed by atoms with E-state index in [0.29, 0.717) is 17.4 Å². The molecule has 2 aromatic carbocycles. The largest absolute Gasteiger partial charge is 0.489 e. The SMILES string of the molecule is Cc1cc(OCc2ccc(F)cc2Cl)ccc1N. The molecule has 18 heavy (non-hydrogen) atoms. The van der Waals surface area contributed by atoms with Crippen LogP contribution in [-0.4, -0.2) is 0 Å². The Labute approximate surface area is 110 Å². The molecule has 0 atom stereocenters. The van der Waals surface area contributed by atoms with Gasteiger partial charge in [-0.3, -0.25) is 0 Å². The molecule has 0 aliphatic heterocycles. The summed E-state index contributed by atoms with van der Waals surface area (Å²) in [6.07, 6.45) is 0. The van der Waals surface area contributed by atoms with Crippen molar-refractivity contribution in [2.75, 3.05) is 5.73 Å². The van der Waals surface area contributed by atoms with Gasteiger partial charge < -0.3 is 10.5 Å². The minimum atomic E-state index is -0.355. The summed E-state index contributed by atoms with van der Waals surface area (Å²) in [6.45, 7) is 2.20. The van der Waals surface area contributed by atoms with Crippen LogP contribution in [0.4, 0.5) is 10.1 Å². The summed E-state index contributed by atoms with van der Waals surface area (Å²) < 4.78 is 18.5. The molecule has 4 heteroatoms. The maximum Gasteiger partial charge on any atom is 0.124 e. The van der Waals surface area contributed by atoms with Crippen LogP contribution in [-0.2, 0) is 6.61 Å². The number of ether oxygens (including phenoxy) is 1. The summed E-state index contributed by atoms with van der Waals surface area (Å²) in [4.78, 5) is 0. The molecular formula is C14H13ClFNO. The van der Waals surface area contributed by atoms with Crippen LogP contribution in [0.2, 0.25) is 5.02 Å². The fourth-order valence-corrected chi connectivity index (χ4v) is 1.76. The minimum absolute atomic E-state index is 0.294. The highest BCUT2D eigenvalue weighted by Crippen LogP contribution is 2.22. The molecular weight excluding hydrogens is 253 g/mol. The van der Waals surface area contributed by atoms with Crippen LogP contribution in [0.15, 0.2) is 36.4 Å². The predicted molar refractivity (Wildman–Crippen MR) is 71.3 cm³/mol. The van der Waals surface area contributed by atoms with Crippen molar-refractivity contribution in [3.63, 3.8) is 0 Å². The van der Waals surface area contributed by atoms with Crippen molar-refractivity contribution in [3.8, 4) is 5.75 Å². The van der Waals surface area contributed by atoms with E-state index in [1.807, 2.05) is 13.0 Å². The molecule has 0 unspecified atom stereocenters. The van der Waals surface area contributed by atoms with Gasteiger partial charge in [-0.05, 0) is 42.8 Å². The van der Waals surface area contributed by atoms with E-state index in [0.717, 1.165) is 16.8 Å². The van der Waals surface area contributed by atoms with Gasteiger partial charge in [-0.1, -0.05) is 17.7 Å². The second-order valence-electron chi connectivity index (χ2n) is 4.04. The van der Waals surface area contributed by atoms with Crippen molar-refractivity contribution in [2.45, 2.75) is 13.5 Å². The van der Waals surface area contributed by atoms with Gasteiger partial charge in [0.25, 0.3) is 0 Å². The van der Waals surface area contributed by atoms with E-state index in [4.69, 9.17) is 22.1 Å². The van der Waals surface area contributed by atoms with Gasteiger partial charge >= 0.3 is 0 Å². The van der Waals surface area contributed by atoms with E-state index in [1.54, 1.807) is 18.2 Å². The number of hydrogen-bond acceptors (Lipinski definition) is 2. The van der Waals surface area contributed by atoms with Gasteiger partial charge in [-0.2, -0.15) is 0 Å². The maximum absolute atomic E-state index is 12.9. The van der Waals surface area contributed by atoms with Crippen molar-refractivity contribution < 1.29 is 9.13 Å². The third-order valence-electron chi connectivity index (χ3n) is 2.65. The summed E-state index contributed by atoms with van der Waals surface area (Å²) in [5, 5.41) is 0.363. The van der Waals surface area contributed by atoms with Gasteiger partial charge in [0.15, 0.2) is 0 Å². The molecule has 2 aromatic rings. The zero-order valence-corrected chi connectivity index (χ0v) is 10.7. The Bertz CT molecular complexity index is 572. The van der Waals surface area contributed by atoms with Gasteiger partial charge in [0.1, 0.15) is 18.2 Å². The third-order valence-corrected chi connectivity index (χ3v) is 3.00. The first-order chi connectivity index (χ1) is 8.56. The van der Waals surface area contributed by atoms with E-state index in [1.165, 1.54) is 12.1 Å². The van der Waals surface area contributed by atoms with Gasteiger partial charge in [0.2, 0.25) is 0 Å². The number of hydrogen-bond donors (Lipinski definition) is 1. The van der Waals surface area contributed by atoms with E-state index in [2.05, 4.69) is 0 Å². The zero-order valence-electron chi connectivity index (χ0n) is 9.91. The van der Waals surface area contributed by atoms with Crippen molar-refractivity contribution in [2.24, 2.45) is 0 Å². The number of benzene rings is 2. The number of anilines is 1. The predicted octanol–water partition coefficient (Wildman–Crippen LogP) is 3.95. The summed E-state index contributed by atoms with van der Waals surface area (Å²) >= 11 is 5.91. The molecule has 0 saturated heterocycles. The standard InChI is InChI=1S/C14H13ClFNO/c1-9-6-12(4-5-14(9)17)18-8-10-2-3-11(16)7-13(10)15/h2-7H,8,17H2,1H3. The van der Waals surface area contributed by atoms with Gasteiger partial charge in [-0.15, -0.1) is 0 Å². The molecule has 0 heterocycles. The Balaban J connectivity index is 2.09. The quantitative estimate of drug-likeness (QED) is 0.853. The Hall–Kier alpha value is -1.74. The summed E-state index contributed by atoms with van der Waals surface area (Å²) in [6, 6.07) is 9.68. The van der Waals surface area contributed by atoms with E-state index >= 15 is 0 Å². The first-order valence-electron chi connectivity index (χ1n) is 5.49. The highest BCUT2D eigenvalue weighted by molar-refractivity contribution is 6.31. The topological polar surface area (TPSA) is 35.2 Å². The van der Waals surface area contributed by atoms with E-state index in [9.17, 15) is 4.39 Å². The second-order valence-corrected chi connectivity index (χ2v) is 4.45. The number of nitrogens with two attached hydrogens (primary N) is 1.